The summed E-state index contributed by atoms with van der Waals surface area (Å²) in [5.74, 6) is -0.339. The molecule has 8 nitrogen and oxygen atoms in total. The number of para-hydroxylation sites is 1. The molecule has 0 radical (unpaired) electrons. The first-order chi connectivity index (χ1) is 17.2. The van der Waals surface area contributed by atoms with Gasteiger partial charge in [-0.2, -0.15) is 18.3 Å². The van der Waals surface area contributed by atoms with Crippen LogP contribution in [0.15, 0.2) is 67.3 Å². The molecule has 0 bridgehead atoms. The van der Waals surface area contributed by atoms with E-state index in [9.17, 15) is 18.0 Å². The van der Waals surface area contributed by atoms with Crippen molar-refractivity contribution < 1.29 is 18.0 Å². The lowest BCUT2D eigenvalue weighted by Gasteiger charge is -2.39. The molecule has 1 aliphatic rings. The minimum absolute atomic E-state index is 0.238. The highest BCUT2D eigenvalue weighted by atomic mass is 19.4. The molecule has 4 N–H and O–H groups in total. The van der Waals surface area contributed by atoms with Gasteiger partial charge < -0.3 is 16.4 Å². The van der Waals surface area contributed by atoms with Crippen LogP contribution in [0, 0.1) is 0 Å². The molecule has 1 fully saturated rings. The van der Waals surface area contributed by atoms with Gasteiger partial charge in [0.2, 0.25) is 0 Å². The summed E-state index contributed by atoms with van der Waals surface area (Å²) in [5, 5.41) is 10.8. The zero-order valence-electron chi connectivity index (χ0n) is 19.2. The number of amides is 1. The number of nitrogens with two attached hydrogens (primary N) is 1. The van der Waals surface area contributed by atoms with Crippen molar-refractivity contribution in [3.8, 4) is 5.69 Å². The van der Waals surface area contributed by atoms with Gasteiger partial charge in [0.1, 0.15) is 18.3 Å². The highest BCUT2D eigenvalue weighted by molar-refractivity contribution is 5.95. The summed E-state index contributed by atoms with van der Waals surface area (Å²) in [5.41, 5.74) is 6.30. The van der Waals surface area contributed by atoms with E-state index >= 15 is 0 Å². The van der Waals surface area contributed by atoms with Crippen molar-refractivity contribution in [1.82, 2.24) is 25.1 Å². The molecule has 4 aromatic rings. The molecule has 2 heterocycles. The number of pyridine rings is 1. The first-order valence-electron chi connectivity index (χ1n) is 11.5. The molecule has 186 valence electrons. The number of hydrogen-bond acceptors (Lipinski definition) is 6. The molecule has 2 aromatic heterocycles. The van der Waals surface area contributed by atoms with Gasteiger partial charge in [-0.05, 0) is 49.6 Å². The fourth-order valence-corrected chi connectivity index (χ4v) is 4.63. The summed E-state index contributed by atoms with van der Waals surface area (Å²) >= 11 is 0. The Hall–Kier alpha value is -3.99. The summed E-state index contributed by atoms with van der Waals surface area (Å²) < 4.78 is 41.9. The number of rotatable bonds is 5. The lowest BCUT2D eigenvalue weighted by atomic mass is 9.85. The van der Waals surface area contributed by atoms with Crippen LogP contribution in [-0.2, 0) is 6.18 Å². The lowest BCUT2D eigenvalue weighted by molar-refractivity contribution is -0.140. The molecule has 1 aliphatic carbocycles. The Morgan fingerprint density at radius 2 is 1.97 bits per heavy atom. The van der Waals surface area contributed by atoms with Crippen molar-refractivity contribution in [2.24, 2.45) is 5.73 Å². The Labute approximate surface area is 204 Å². The molecule has 1 amide bonds. The number of nitrogens with zero attached hydrogens (tertiary/aromatic N) is 4. The van der Waals surface area contributed by atoms with Gasteiger partial charge in [-0.1, -0.05) is 24.3 Å². The van der Waals surface area contributed by atoms with E-state index in [0.29, 0.717) is 48.0 Å². The second-order valence-electron chi connectivity index (χ2n) is 9.01. The number of nitrogens with one attached hydrogen (secondary N) is 2. The maximum absolute atomic E-state index is 13.5. The summed E-state index contributed by atoms with van der Waals surface area (Å²) in [7, 11) is 0. The number of anilines is 1. The first kappa shape index (κ1) is 23.7. The summed E-state index contributed by atoms with van der Waals surface area (Å²) in [6.07, 6.45) is 0.660. The quantitative estimate of drug-likeness (QED) is 0.357. The molecule has 0 saturated heterocycles. The van der Waals surface area contributed by atoms with E-state index in [1.54, 1.807) is 53.2 Å². The molecule has 1 unspecified atom stereocenters. The van der Waals surface area contributed by atoms with Gasteiger partial charge in [0.05, 0.1) is 16.9 Å². The second-order valence-corrected chi connectivity index (χ2v) is 9.01. The number of fused-ring (bicyclic) bond motifs is 1. The number of carbonyl (C=O) groups is 1. The molecule has 1 saturated carbocycles. The van der Waals surface area contributed by atoms with Gasteiger partial charge in [-0.3, -0.25) is 4.79 Å². The van der Waals surface area contributed by atoms with Crippen LogP contribution in [0.25, 0.3) is 16.6 Å². The van der Waals surface area contributed by atoms with Crippen molar-refractivity contribution >= 4 is 22.5 Å². The minimum Gasteiger partial charge on any atom is -0.382 e. The SMILES string of the molecule is NC1(NC(=O)c2cccc(-n3cncn3)c2)CCC[C@H](Nc2cc(C(F)(F)F)nc3ccccc23)C1. The van der Waals surface area contributed by atoms with Crippen molar-refractivity contribution in [3.05, 3.63) is 78.5 Å². The lowest BCUT2D eigenvalue weighted by Crippen LogP contribution is -2.59. The third kappa shape index (κ3) is 5.01. The largest absolute Gasteiger partial charge is 0.433 e. The molecular formula is C25H24F3N7O. The van der Waals surface area contributed by atoms with E-state index < -0.39 is 17.5 Å². The van der Waals surface area contributed by atoms with Crippen LogP contribution < -0.4 is 16.4 Å². The van der Waals surface area contributed by atoms with E-state index in [1.165, 1.54) is 12.7 Å². The number of halogens is 3. The molecule has 11 heteroatoms. The first-order valence-corrected chi connectivity index (χ1v) is 11.5. The Bertz CT molecular complexity index is 1390. The zero-order valence-corrected chi connectivity index (χ0v) is 19.2. The summed E-state index contributed by atoms with van der Waals surface area (Å²) in [4.78, 5) is 20.7. The maximum atomic E-state index is 13.5. The normalized spacial score (nSPS) is 20.3. The highest BCUT2D eigenvalue weighted by Gasteiger charge is 2.36. The summed E-state index contributed by atoms with van der Waals surface area (Å²) in [6.45, 7) is 0. The van der Waals surface area contributed by atoms with Gasteiger partial charge in [0, 0.05) is 29.1 Å². The molecule has 36 heavy (non-hydrogen) atoms. The van der Waals surface area contributed by atoms with Crippen molar-refractivity contribution in [2.75, 3.05) is 5.32 Å². The fourth-order valence-electron chi connectivity index (χ4n) is 4.63. The van der Waals surface area contributed by atoms with Crippen molar-refractivity contribution in [2.45, 2.75) is 43.6 Å². The van der Waals surface area contributed by atoms with Crippen LogP contribution in [0.2, 0.25) is 0 Å². The molecule has 5 rings (SSSR count). The van der Waals surface area contributed by atoms with Crippen molar-refractivity contribution in [3.63, 3.8) is 0 Å². The zero-order chi connectivity index (χ0) is 25.3. The van der Waals surface area contributed by atoms with Gasteiger partial charge in [0.25, 0.3) is 5.91 Å². The van der Waals surface area contributed by atoms with Gasteiger partial charge in [-0.25, -0.2) is 14.6 Å². The Kier molecular flexibility index (Phi) is 6.09. The van der Waals surface area contributed by atoms with Crippen LogP contribution in [0.4, 0.5) is 18.9 Å². The van der Waals surface area contributed by atoms with Gasteiger partial charge in [0.15, 0.2) is 0 Å². The Morgan fingerprint density at radius 3 is 2.75 bits per heavy atom. The number of aromatic nitrogens is 4. The minimum atomic E-state index is -4.57. The van der Waals surface area contributed by atoms with Crippen LogP contribution in [0.1, 0.15) is 41.7 Å². The molecule has 2 atom stereocenters. The van der Waals surface area contributed by atoms with Crippen LogP contribution in [0.3, 0.4) is 0 Å². The third-order valence-corrected chi connectivity index (χ3v) is 6.31. The average Bonchev–Trinajstić information content (AvgIpc) is 3.38. The number of alkyl halides is 3. The predicted octanol–water partition coefficient (Wildman–Crippen LogP) is 4.27. The smallest absolute Gasteiger partial charge is 0.382 e. The second kappa shape index (κ2) is 9.23. The Morgan fingerprint density at radius 1 is 1.14 bits per heavy atom. The predicted molar refractivity (Wildman–Crippen MR) is 128 cm³/mol. The van der Waals surface area contributed by atoms with Crippen LogP contribution in [0.5, 0.6) is 0 Å². The van der Waals surface area contributed by atoms with E-state index in [-0.39, 0.29) is 17.5 Å². The highest BCUT2D eigenvalue weighted by Crippen LogP contribution is 2.35. The van der Waals surface area contributed by atoms with Gasteiger partial charge in [-0.15, -0.1) is 0 Å². The molecule has 0 aliphatic heterocycles. The third-order valence-electron chi connectivity index (χ3n) is 6.31. The molecule has 0 spiro atoms. The number of hydrogen-bond donors (Lipinski definition) is 3. The summed E-state index contributed by atoms with van der Waals surface area (Å²) in [6, 6.07) is 14.4. The molecule has 2 aromatic carbocycles. The van der Waals surface area contributed by atoms with E-state index in [2.05, 4.69) is 25.7 Å². The van der Waals surface area contributed by atoms with Gasteiger partial charge >= 0.3 is 6.18 Å². The monoisotopic (exact) mass is 495 g/mol. The number of carbonyl (C=O) groups excluding carboxylic acids is 1. The van der Waals surface area contributed by atoms with Crippen molar-refractivity contribution in [1.29, 1.82) is 0 Å². The van der Waals surface area contributed by atoms with E-state index in [4.69, 9.17) is 5.73 Å². The topological polar surface area (TPSA) is 111 Å². The standard InChI is InChI=1S/C25H24F3N7O/c26-25(27,28)22-12-21(19-8-1-2-9-20(19)33-22)32-17-6-4-10-24(29,13-17)34-23(36)16-5-3-7-18(11-16)35-15-30-14-31-35/h1-3,5,7-9,11-12,14-15,17H,4,6,10,13,29H2,(H,32,33)(H,34,36)/t17-,24?/m0/s1. The fraction of sp³-hybridized carbons (Fsp3) is 0.280. The maximum Gasteiger partial charge on any atom is 0.433 e. The van der Waals surface area contributed by atoms with E-state index in [1.807, 2.05) is 0 Å². The van der Waals surface area contributed by atoms with E-state index in [0.717, 1.165) is 6.07 Å². The van der Waals surface area contributed by atoms with Crippen LogP contribution >= 0.6 is 0 Å². The average molecular weight is 496 g/mol. The Balaban J connectivity index is 1.34. The molecular weight excluding hydrogens is 471 g/mol. The van der Waals surface area contributed by atoms with Crippen LogP contribution in [-0.4, -0.2) is 37.4 Å². The number of benzene rings is 2.